The summed E-state index contributed by atoms with van der Waals surface area (Å²) in [7, 11) is 2.10. The van der Waals surface area contributed by atoms with Crippen LogP contribution in [0, 0.1) is 0 Å². The lowest BCUT2D eigenvalue weighted by molar-refractivity contribution is -0.137. The summed E-state index contributed by atoms with van der Waals surface area (Å²) in [5.41, 5.74) is 5.10. The quantitative estimate of drug-likeness (QED) is 0.409. The van der Waals surface area contributed by atoms with Crippen LogP contribution in [0.1, 0.15) is 5.56 Å². The summed E-state index contributed by atoms with van der Waals surface area (Å²) < 4.78 is 41.5. The van der Waals surface area contributed by atoms with Gasteiger partial charge in [0.05, 0.1) is 21.7 Å². The molecule has 0 unspecified atom stereocenters. The number of likely N-dealkylation sites (N-methyl/N-ethyl adjacent to an activating group) is 1. The molecule has 0 radical (unpaired) electrons. The number of hydrogen-bond donors (Lipinski definition) is 2. The normalized spacial score (nSPS) is 14.8. The number of piperazine rings is 1. The summed E-state index contributed by atoms with van der Waals surface area (Å²) in [5.74, 6) is -0.158. The maximum absolute atomic E-state index is 13.6. The Bertz CT molecular complexity index is 1520. The molecule has 0 amide bonds. The Balaban J connectivity index is 1.45. The van der Waals surface area contributed by atoms with Gasteiger partial charge in [-0.2, -0.15) is 23.1 Å². The fraction of sp³-hybridized carbons (Fsp3) is 0.250. The number of aromatic nitrogens is 4. The van der Waals surface area contributed by atoms with E-state index < -0.39 is 23.1 Å². The monoisotopic (exact) mass is 530 g/mol. The van der Waals surface area contributed by atoms with Crippen molar-refractivity contribution >= 4 is 45.8 Å². The second-order valence-electron chi connectivity index (χ2n) is 8.64. The second kappa shape index (κ2) is 9.52. The van der Waals surface area contributed by atoms with Crippen molar-refractivity contribution in [2.24, 2.45) is 0 Å². The van der Waals surface area contributed by atoms with Gasteiger partial charge in [0.15, 0.2) is 5.65 Å². The van der Waals surface area contributed by atoms with E-state index in [1.54, 1.807) is 0 Å². The lowest BCUT2D eigenvalue weighted by Crippen LogP contribution is -2.44. The minimum Gasteiger partial charge on any atom is -0.384 e. The molecule has 0 bridgehead atoms. The smallest absolute Gasteiger partial charge is 0.384 e. The first-order valence-corrected chi connectivity index (χ1v) is 11.7. The number of hydrogen-bond acceptors (Lipinski definition) is 8. The van der Waals surface area contributed by atoms with Crippen LogP contribution in [0.4, 0.5) is 36.3 Å². The number of alkyl halides is 3. The number of nitrogens with one attached hydrogen (secondary N) is 1. The van der Waals surface area contributed by atoms with Gasteiger partial charge >= 0.3 is 11.9 Å². The van der Waals surface area contributed by atoms with Crippen LogP contribution in [0.15, 0.2) is 53.5 Å². The number of nitrogen functional groups attached to an aromatic ring is 1. The van der Waals surface area contributed by atoms with Gasteiger partial charge in [0.2, 0.25) is 5.95 Å². The summed E-state index contributed by atoms with van der Waals surface area (Å²) in [6.07, 6.45) is -3.48. The zero-order valence-electron chi connectivity index (χ0n) is 19.6. The molecule has 3 heterocycles. The zero-order chi connectivity index (χ0) is 26.3. The number of nitrogens with two attached hydrogens (primary N) is 1. The Hall–Kier alpha value is -3.90. The van der Waals surface area contributed by atoms with E-state index in [9.17, 15) is 18.0 Å². The van der Waals surface area contributed by atoms with Crippen LogP contribution in [0.2, 0.25) is 5.02 Å². The van der Waals surface area contributed by atoms with Crippen LogP contribution in [0.3, 0.4) is 0 Å². The molecule has 5 rings (SSSR count). The summed E-state index contributed by atoms with van der Waals surface area (Å²) in [4.78, 5) is 29.7. The summed E-state index contributed by atoms with van der Waals surface area (Å²) in [6.45, 7) is 3.88. The van der Waals surface area contributed by atoms with Crippen molar-refractivity contribution in [1.29, 1.82) is 0 Å². The number of fused-ring (bicyclic) bond motifs is 1. The first kappa shape index (κ1) is 24.8. The van der Waals surface area contributed by atoms with Crippen LogP contribution in [-0.2, 0) is 6.18 Å². The average Bonchev–Trinajstić information content (AvgIpc) is 2.85. The number of halogens is 4. The van der Waals surface area contributed by atoms with Gasteiger partial charge < -0.3 is 20.9 Å². The van der Waals surface area contributed by atoms with E-state index in [4.69, 9.17) is 17.3 Å². The average molecular weight is 531 g/mol. The van der Waals surface area contributed by atoms with E-state index in [2.05, 4.69) is 37.1 Å². The molecule has 0 saturated carbocycles. The minimum atomic E-state index is -4.77. The molecule has 9 nitrogen and oxygen atoms in total. The molecule has 0 atom stereocenters. The molecule has 3 N–H and O–H groups in total. The SMILES string of the molecule is CN1CCN(c2ccc(Nc3ncc4c(N)n(-c5c(Cl)cccc5C(F)(F)F)c(=O)nc4n3)cc2)CC1. The van der Waals surface area contributed by atoms with Crippen molar-refractivity contribution < 1.29 is 13.2 Å². The highest BCUT2D eigenvalue weighted by molar-refractivity contribution is 6.32. The molecule has 2 aromatic heterocycles. The van der Waals surface area contributed by atoms with Crippen molar-refractivity contribution in [2.75, 3.05) is 49.2 Å². The van der Waals surface area contributed by atoms with E-state index in [1.165, 1.54) is 12.3 Å². The highest BCUT2D eigenvalue weighted by Gasteiger charge is 2.36. The van der Waals surface area contributed by atoms with Gasteiger partial charge in [-0.3, -0.25) is 0 Å². The van der Waals surface area contributed by atoms with Crippen LogP contribution in [-0.4, -0.2) is 57.6 Å². The van der Waals surface area contributed by atoms with Gasteiger partial charge in [-0.15, -0.1) is 0 Å². The molecule has 37 heavy (non-hydrogen) atoms. The van der Waals surface area contributed by atoms with E-state index >= 15 is 0 Å². The second-order valence-corrected chi connectivity index (χ2v) is 9.05. The van der Waals surface area contributed by atoms with Gasteiger partial charge in [0.25, 0.3) is 0 Å². The van der Waals surface area contributed by atoms with E-state index in [1.807, 2.05) is 24.3 Å². The third kappa shape index (κ3) is 4.89. The highest BCUT2D eigenvalue weighted by atomic mass is 35.5. The Morgan fingerprint density at radius 2 is 1.73 bits per heavy atom. The number of para-hydroxylation sites is 1. The van der Waals surface area contributed by atoms with Crippen molar-refractivity contribution in [1.82, 2.24) is 24.4 Å². The lowest BCUT2D eigenvalue weighted by atomic mass is 10.1. The predicted molar refractivity (Wildman–Crippen MR) is 137 cm³/mol. The molecule has 1 fully saturated rings. The van der Waals surface area contributed by atoms with E-state index in [-0.39, 0.29) is 27.8 Å². The van der Waals surface area contributed by atoms with Crippen LogP contribution in [0.5, 0.6) is 0 Å². The number of nitrogens with zero attached hydrogens (tertiary/aromatic N) is 6. The molecule has 2 aromatic carbocycles. The third-order valence-electron chi connectivity index (χ3n) is 6.19. The van der Waals surface area contributed by atoms with E-state index in [0.717, 1.165) is 44.0 Å². The maximum Gasteiger partial charge on any atom is 0.418 e. The minimum absolute atomic E-state index is 0.0640. The summed E-state index contributed by atoms with van der Waals surface area (Å²) in [6, 6.07) is 10.9. The highest BCUT2D eigenvalue weighted by Crippen LogP contribution is 2.38. The largest absolute Gasteiger partial charge is 0.418 e. The van der Waals surface area contributed by atoms with Gasteiger partial charge in [-0.05, 0) is 43.4 Å². The molecular weight excluding hydrogens is 509 g/mol. The Morgan fingerprint density at radius 1 is 1.03 bits per heavy atom. The molecule has 13 heteroatoms. The van der Waals surface area contributed by atoms with Crippen LogP contribution >= 0.6 is 11.6 Å². The Morgan fingerprint density at radius 3 is 2.41 bits per heavy atom. The number of rotatable bonds is 4. The molecular formula is C24H22ClF3N8O. The Kier molecular flexibility index (Phi) is 6.38. The van der Waals surface area contributed by atoms with Gasteiger partial charge in [0.1, 0.15) is 5.82 Å². The molecule has 1 aliphatic rings. The molecule has 0 aliphatic carbocycles. The molecule has 4 aromatic rings. The van der Waals surface area contributed by atoms with Gasteiger partial charge in [0, 0.05) is 43.8 Å². The summed E-state index contributed by atoms with van der Waals surface area (Å²) in [5, 5.41) is 2.85. The standard InChI is InChI=1S/C24H22ClF3N8O/c1-34-9-11-35(12-10-34)15-7-5-14(6-8-15)31-22-30-13-16-20(29)36(23(37)33-21(16)32-22)19-17(24(26,27)28)3-2-4-18(19)25/h2-8,13H,9-12,29H2,1H3,(H,31,32,33,37). The molecule has 192 valence electrons. The first-order chi connectivity index (χ1) is 17.6. The molecule has 1 saturated heterocycles. The predicted octanol–water partition coefficient (Wildman–Crippen LogP) is 3.93. The van der Waals surface area contributed by atoms with Crippen LogP contribution < -0.4 is 21.6 Å². The van der Waals surface area contributed by atoms with Gasteiger partial charge in [-0.25, -0.2) is 14.3 Å². The maximum atomic E-state index is 13.6. The van der Waals surface area contributed by atoms with Gasteiger partial charge in [-0.1, -0.05) is 17.7 Å². The first-order valence-electron chi connectivity index (χ1n) is 11.3. The van der Waals surface area contributed by atoms with Crippen molar-refractivity contribution in [3.8, 4) is 5.69 Å². The fourth-order valence-corrected chi connectivity index (χ4v) is 4.46. The molecule has 0 spiro atoms. The topological polar surface area (TPSA) is 105 Å². The van der Waals surface area contributed by atoms with Crippen molar-refractivity contribution in [3.05, 3.63) is 69.7 Å². The molecule has 1 aliphatic heterocycles. The van der Waals surface area contributed by atoms with Crippen molar-refractivity contribution in [3.63, 3.8) is 0 Å². The van der Waals surface area contributed by atoms with E-state index in [0.29, 0.717) is 10.3 Å². The fourth-order valence-electron chi connectivity index (χ4n) is 4.20. The third-order valence-corrected chi connectivity index (χ3v) is 6.49. The number of benzene rings is 2. The lowest BCUT2D eigenvalue weighted by Gasteiger charge is -2.34. The number of anilines is 4. The van der Waals surface area contributed by atoms with Crippen molar-refractivity contribution in [2.45, 2.75) is 6.18 Å². The summed E-state index contributed by atoms with van der Waals surface area (Å²) >= 11 is 6.06. The van der Waals surface area contributed by atoms with Crippen LogP contribution in [0.25, 0.3) is 16.7 Å². The Labute approximate surface area is 214 Å². The zero-order valence-corrected chi connectivity index (χ0v) is 20.4.